The second kappa shape index (κ2) is 7.40. The monoisotopic (exact) mass is 317 g/mol. The van der Waals surface area contributed by atoms with Gasteiger partial charge < -0.3 is 14.6 Å². The largest absolute Gasteiger partial charge is 0.493 e. The van der Waals surface area contributed by atoms with Gasteiger partial charge >= 0.3 is 5.97 Å². The molecule has 0 aliphatic carbocycles. The molecule has 0 saturated heterocycles. The van der Waals surface area contributed by atoms with Crippen LogP contribution >= 0.6 is 0 Å². The first kappa shape index (κ1) is 16.5. The number of aliphatic carboxylic acids is 1. The first-order chi connectivity index (χ1) is 11.0. The van der Waals surface area contributed by atoms with Crippen molar-refractivity contribution in [2.24, 2.45) is 4.99 Å². The Balaban J connectivity index is 2.18. The van der Waals surface area contributed by atoms with Crippen molar-refractivity contribution in [2.45, 2.75) is 13.0 Å². The van der Waals surface area contributed by atoms with Gasteiger partial charge in [0.1, 0.15) is 5.82 Å². The van der Waals surface area contributed by atoms with Crippen molar-refractivity contribution >= 4 is 17.9 Å². The van der Waals surface area contributed by atoms with Crippen LogP contribution in [0.25, 0.3) is 0 Å². The van der Waals surface area contributed by atoms with E-state index in [2.05, 4.69) is 4.99 Å². The number of benzene rings is 2. The van der Waals surface area contributed by atoms with Gasteiger partial charge in [-0.1, -0.05) is 0 Å². The molecule has 120 valence electrons. The molecule has 0 spiro atoms. The number of halogens is 1. The number of rotatable bonds is 6. The van der Waals surface area contributed by atoms with Crippen molar-refractivity contribution < 1.29 is 23.8 Å². The van der Waals surface area contributed by atoms with Gasteiger partial charge in [-0.15, -0.1) is 0 Å². The summed E-state index contributed by atoms with van der Waals surface area (Å²) in [5.74, 6) is -0.642. The van der Waals surface area contributed by atoms with E-state index in [1.54, 1.807) is 36.5 Å². The van der Waals surface area contributed by atoms with E-state index in [1.807, 2.05) is 0 Å². The molecule has 1 atom stereocenters. The summed E-state index contributed by atoms with van der Waals surface area (Å²) in [6.07, 6.45) is 0.614. The Morgan fingerprint density at radius 3 is 2.52 bits per heavy atom. The molecule has 0 fully saturated rings. The predicted octanol–water partition coefficient (Wildman–Crippen LogP) is 3.44. The summed E-state index contributed by atoms with van der Waals surface area (Å²) in [5.41, 5.74) is 1.35. The highest BCUT2D eigenvalue weighted by Gasteiger charge is 2.15. The standard InChI is InChI=1S/C17H16FNO4/c1-11(17(20)21)23-15-8-3-12(9-16(15)22-2)10-19-14-6-4-13(18)5-7-14/h3-11H,1-2H3,(H,20,21)/t11-/m1/s1. The molecule has 0 radical (unpaired) electrons. The lowest BCUT2D eigenvalue weighted by Gasteiger charge is -2.14. The lowest BCUT2D eigenvalue weighted by Crippen LogP contribution is -2.23. The van der Waals surface area contributed by atoms with Crippen LogP contribution in [0.2, 0.25) is 0 Å². The predicted molar refractivity (Wildman–Crippen MR) is 84.4 cm³/mol. The van der Waals surface area contributed by atoms with Gasteiger partial charge in [-0.25, -0.2) is 9.18 Å². The van der Waals surface area contributed by atoms with Crippen LogP contribution in [-0.4, -0.2) is 30.5 Å². The number of ether oxygens (including phenoxy) is 2. The quantitative estimate of drug-likeness (QED) is 0.829. The van der Waals surface area contributed by atoms with Crippen LogP contribution in [0.3, 0.4) is 0 Å². The normalized spacial score (nSPS) is 12.1. The highest BCUT2D eigenvalue weighted by Crippen LogP contribution is 2.28. The summed E-state index contributed by atoms with van der Waals surface area (Å²) in [4.78, 5) is 15.1. The maximum absolute atomic E-state index is 12.8. The Hall–Kier alpha value is -2.89. The lowest BCUT2D eigenvalue weighted by atomic mass is 10.2. The molecule has 5 nitrogen and oxygen atoms in total. The zero-order valence-electron chi connectivity index (χ0n) is 12.7. The van der Waals surface area contributed by atoms with Crippen LogP contribution in [0.15, 0.2) is 47.5 Å². The Morgan fingerprint density at radius 1 is 1.22 bits per heavy atom. The van der Waals surface area contributed by atoms with E-state index in [0.717, 1.165) is 5.56 Å². The molecular weight excluding hydrogens is 301 g/mol. The van der Waals surface area contributed by atoms with E-state index in [9.17, 15) is 9.18 Å². The van der Waals surface area contributed by atoms with Crippen molar-refractivity contribution in [2.75, 3.05) is 7.11 Å². The number of hydrogen-bond donors (Lipinski definition) is 1. The minimum atomic E-state index is -1.06. The van der Waals surface area contributed by atoms with Crippen molar-refractivity contribution in [3.63, 3.8) is 0 Å². The number of carboxylic acid groups (broad SMARTS) is 1. The second-order valence-corrected chi connectivity index (χ2v) is 4.74. The van der Waals surface area contributed by atoms with E-state index in [4.69, 9.17) is 14.6 Å². The van der Waals surface area contributed by atoms with E-state index in [-0.39, 0.29) is 5.82 Å². The molecule has 0 saturated carbocycles. The number of methoxy groups -OCH3 is 1. The summed E-state index contributed by atoms with van der Waals surface area (Å²) in [5, 5.41) is 8.88. The third kappa shape index (κ3) is 4.54. The Kier molecular flexibility index (Phi) is 5.30. The number of carbonyl (C=O) groups is 1. The van der Waals surface area contributed by atoms with Gasteiger partial charge in [0.2, 0.25) is 0 Å². The Morgan fingerprint density at radius 2 is 1.91 bits per heavy atom. The highest BCUT2D eigenvalue weighted by molar-refractivity contribution is 5.83. The number of nitrogens with zero attached hydrogens (tertiary/aromatic N) is 1. The maximum Gasteiger partial charge on any atom is 0.344 e. The molecule has 23 heavy (non-hydrogen) atoms. The number of carboxylic acids is 1. The molecule has 2 aromatic carbocycles. The van der Waals surface area contributed by atoms with Gasteiger partial charge in [0.15, 0.2) is 17.6 Å². The van der Waals surface area contributed by atoms with Crippen LogP contribution in [0.4, 0.5) is 10.1 Å². The molecular formula is C17H16FNO4. The molecule has 0 unspecified atom stereocenters. The first-order valence-electron chi connectivity index (χ1n) is 6.86. The second-order valence-electron chi connectivity index (χ2n) is 4.74. The Bertz CT molecular complexity index is 713. The van der Waals surface area contributed by atoms with Crippen molar-refractivity contribution in [3.05, 3.63) is 53.8 Å². The smallest absolute Gasteiger partial charge is 0.344 e. The number of hydrogen-bond acceptors (Lipinski definition) is 4. The van der Waals surface area contributed by atoms with Crippen LogP contribution in [0.1, 0.15) is 12.5 Å². The van der Waals surface area contributed by atoms with Crippen molar-refractivity contribution in [1.29, 1.82) is 0 Å². The van der Waals surface area contributed by atoms with Crippen LogP contribution < -0.4 is 9.47 Å². The fraction of sp³-hybridized carbons (Fsp3) is 0.176. The fourth-order valence-corrected chi connectivity index (χ4v) is 1.78. The van der Waals surface area contributed by atoms with Gasteiger partial charge in [-0.2, -0.15) is 0 Å². The van der Waals surface area contributed by atoms with E-state index in [0.29, 0.717) is 17.2 Å². The van der Waals surface area contributed by atoms with Crippen LogP contribution in [0.5, 0.6) is 11.5 Å². The highest BCUT2D eigenvalue weighted by atomic mass is 19.1. The minimum absolute atomic E-state index is 0.320. The zero-order chi connectivity index (χ0) is 16.8. The topological polar surface area (TPSA) is 68.1 Å². The molecule has 0 heterocycles. The average molecular weight is 317 g/mol. The van der Waals surface area contributed by atoms with Crippen molar-refractivity contribution in [1.82, 2.24) is 0 Å². The fourth-order valence-electron chi connectivity index (χ4n) is 1.78. The first-order valence-corrected chi connectivity index (χ1v) is 6.86. The molecule has 0 bridgehead atoms. The Labute approximate surface area is 133 Å². The third-order valence-corrected chi connectivity index (χ3v) is 3.03. The van der Waals surface area contributed by atoms with E-state index >= 15 is 0 Å². The molecule has 0 aliphatic rings. The molecule has 0 aromatic heterocycles. The summed E-state index contributed by atoms with van der Waals surface area (Å²) >= 11 is 0. The maximum atomic E-state index is 12.8. The summed E-state index contributed by atoms with van der Waals surface area (Å²) < 4.78 is 23.4. The number of aliphatic imine (C=N–C) groups is 1. The molecule has 6 heteroatoms. The minimum Gasteiger partial charge on any atom is -0.493 e. The molecule has 0 aliphatic heterocycles. The van der Waals surface area contributed by atoms with Gasteiger partial charge in [0.05, 0.1) is 12.8 Å². The van der Waals surface area contributed by atoms with E-state index in [1.165, 1.54) is 26.2 Å². The molecule has 2 aromatic rings. The molecule has 1 N–H and O–H groups in total. The van der Waals surface area contributed by atoms with Crippen molar-refractivity contribution in [3.8, 4) is 11.5 Å². The zero-order valence-corrected chi connectivity index (χ0v) is 12.7. The summed E-state index contributed by atoms with van der Waals surface area (Å²) in [6, 6.07) is 10.8. The van der Waals surface area contributed by atoms with Crippen LogP contribution in [-0.2, 0) is 4.79 Å². The SMILES string of the molecule is COc1cc(C=Nc2ccc(F)cc2)ccc1O[C@H](C)C(=O)O. The van der Waals surface area contributed by atoms with Gasteiger partial charge in [-0.05, 0) is 55.0 Å². The van der Waals surface area contributed by atoms with Gasteiger partial charge in [-0.3, -0.25) is 4.99 Å². The average Bonchev–Trinajstić information content (AvgIpc) is 2.55. The van der Waals surface area contributed by atoms with E-state index < -0.39 is 12.1 Å². The van der Waals surface area contributed by atoms with Gasteiger partial charge in [0.25, 0.3) is 0 Å². The third-order valence-electron chi connectivity index (χ3n) is 3.03. The summed E-state index contributed by atoms with van der Waals surface area (Å²) in [7, 11) is 1.47. The summed E-state index contributed by atoms with van der Waals surface area (Å²) in [6.45, 7) is 1.44. The molecule has 0 amide bonds. The van der Waals surface area contributed by atoms with Gasteiger partial charge in [0, 0.05) is 6.21 Å². The molecule has 2 rings (SSSR count). The lowest BCUT2D eigenvalue weighted by molar-refractivity contribution is -0.144. The van der Waals surface area contributed by atoms with Crippen LogP contribution in [0, 0.1) is 5.82 Å².